The van der Waals surface area contributed by atoms with Crippen LogP contribution in [0, 0.1) is 13.8 Å². The standard InChI is InChI=1S/C22H17NO2/c1-13-10-11-14(2)19(12-13)23-22(25)18-9-5-8-17-20(18)15-6-3-4-7-16(15)21(17)24/h3-12H,1-2H3,(H,23,25). The minimum absolute atomic E-state index is 0.0213. The van der Waals surface area contributed by atoms with E-state index in [-0.39, 0.29) is 11.7 Å². The van der Waals surface area contributed by atoms with E-state index in [0.717, 1.165) is 27.9 Å². The minimum atomic E-state index is -0.199. The zero-order valence-electron chi connectivity index (χ0n) is 14.1. The number of ketones is 1. The van der Waals surface area contributed by atoms with Gasteiger partial charge in [0.05, 0.1) is 0 Å². The van der Waals surface area contributed by atoms with Gasteiger partial charge in [-0.2, -0.15) is 0 Å². The Morgan fingerprint density at radius 3 is 2.36 bits per heavy atom. The van der Waals surface area contributed by atoms with Gasteiger partial charge in [0.2, 0.25) is 0 Å². The second-order valence-electron chi connectivity index (χ2n) is 6.38. The molecule has 4 rings (SSSR count). The van der Waals surface area contributed by atoms with Gasteiger partial charge in [0.1, 0.15) is 0 Å². The van der Waals surface area contributed by atoms with Gasteiger partial charge in [-0.25, -0.2) is 0 Å². The zero-order valence-corrected chi connectivity index (χ0v) is 14.1. The third-order valence-electron chi connectivity index (χ3n) is 4.64. The average Bonchev–Trinajstić information content (AvgIpc) is 2.91. The summed E-state index contributed by atoms with van der Waals surface area (Å²) in [6.07, 6.45) is 0. The van der Waals surface area contributed by atoms with Crippen LogP contribution in [-0.2, 0) is 0 Å². The number of amides is 1. The molecule has 3 nitrogen and oxygen atoms in total. The van der Waals surface area contributed by atoms with Gasteiger partial charge < -0.3 is 5.32 Å². The second-order valence-corrected chi connectivity index (χ2v) is 6.38. The van der Waals surface area contributed by atoms with E-state index in [9.17, 15) is 9.59 Å². The van der Waals surface area contributed by atoms with E-state index in [1.807, 2.05) is 56.3 Å². The quantitative estimate of drug-likeness (QED) is 0.576. The van der Waals surface area contributed by atoms with E-state index >= 15 is 0 Å². The van der Waals surface area contributed by atoms with Gasteiger partial charge in [-0.3, -0.25) is 9.59 Å². The van der Waals surface area contributed by atoms with Gasteiger partial charge in [0.25, 0.3) is 5.91 Å². The molecule has 0 saturated carbocycles. The number of rotatable bonds is 2. The molecule has 3 aromatic carbocycles. The number of fused-ring (bicyclic) bond motifs is 3. The van der Waals surface area contributed by atoms with Gasteiger partial charge in [0, 0.05) is 27.9 Å². The van der Waals surface area contributed by atoms with Gasteiger partial charge in [0.15, 0.2) is 5.78 Å². The van der Waals surface area contributed by atoms with E-state index in [1.165, 1.54) is 0 Å². The molecule has 3 aromatic rings. The van der Waals surface area contributed by atoms with Crippen molar-refractivity contribution in [2.75, 3.05) is 5.32 Å². The van der Waals surface area contributed by atoms with E-state index in [0.29, 0.717) is 16.7 Å². The Morgan fingerprint density at radius 1 is 0.840 bits per heavy atom. The Labute approximate surface area is 146 Å². The average molecular weight is 327 g/mol. The van der Waals surface area contributed by atoms with Crippen LogP contribution in [0.1, 0.15) is 37.4 Å². The third-order valence-corrected chi connectivity index (χ3v) is 4.64. The van der Waals surface area contributed by atoms with Crippen molar-refractivity contribution in [1.29, 1.82) is 0 Å². The Balaban J connectivity index is 1.80. The normalized spacial score (nSPS) is 11.8. The number of nitrogens with one attached hydrogen (secondary N) is 1. The molecule has 0 radical (unpaired) electrons. The van der Waals surface area contributed by atoms with Crippen LogP contribution in [0.25, 0.3) is 11.1 Å². The maximum Gasteiger partial charge on any atom is 0.256 e. The van der Waals surface area contributed by atoms with Crippen molar-refractivity contribution in [2.45, 2.75) is 13.8 Å². The van der Waals surface area contributed by atoms with Crippen molar-refractivity contribution >= 4 is 17.4 Å². The number of hydrogen-bond donors (Lipinski definition) is 1. The number of benzene rings is 3. The van der Waals surface area contributed by atoms with Crippen LogP contribution in [-0.4, -0.2) is 11.7 Å². The van der Waals surface area contributed by atoms with Crippen LogP contribution >= 0.6 is 0 Å². The Hall–Kier alpha value is -3.20. The summed E-state index contributed by atoms with van der Waals surface area (Å²) in [5, 5.41) is 2.99. The molecular formula is C22H17NO2. The third kappa shape index (κ3) is 2.45. The predicted octanol–water partition coefficient (Wildman–Crippen LogP) is 4.77. The number of carbonyl (C=O) groups is 2. The van der Waals surface area contributed by atoms with Crippen molar-refractivity contribution in [3.8, 4) is 11.1 Å². The first-order chi connectivity index (χ1) is 12.1. The maximum atomic E-state index is 12.9. The number of carbonyl (C=O) groups excluding carboxylic acids is 2. The summed E-state index contributed by atoms with van der Waals surface area (Å²) in [6.45, 7) is 3.95. The first-order valence-electron chi connectivity index (χ1n) is 8.22. The van der Waals surface area contributed by atoms with Crippen molar-refractivity contribution in [2.24, 2.45) is 0 Å². The maximum absolute atomic E-state index is 12.9. The zero-order chi connectivity index (χ0) is 17.6. The summed E-state index contributed by atoms with van der Waals surface area (Å²) in [4.78, 5) is 25.5. The Morgan fingerprint density at radius 2 is 1.56 bits per heavy atom. The van der Waals surface area contributed by atoms with Crippen molar-refractivity contribution < 1.29 is 9.59 Å². The molecule has 0 atom stereocenters. The molecule has 1 aliphatic rings. The van der Waals surface area contributed by atoms with Crippen LogP contribution < -0.4 is 5.32 Å². The fourth-order valence-electron chi connectivity index (χ4n) is 3.33. The molecule has 0 bridgehead atoms. The largest absolute Gasteiger partial charge is 0.322 e. The van der Waals surface area contributed by atoms with Crippen LogP contribution in [0.4, 0.5) is 5.69 Å². The first kappa shape index (κ1) is 15.3. The summed E-state index contributed by atoms with van der Waals surface area (Å²) in [5.41, 5.74) is 6.21. The molecule has 1 N–H and O–H groups in total. The fourth-order valence-corrected chi connectivity index (χ4v) is 3.33. The summed E-state index contributed by atoms with van der Waals surface area (Å²) >= 11 is 0. The highest BCUT2D eigenvalue weighted by atomic mass is 16.1. The van der Waals surface area contributed by atoms with Crippen molar-refractivity contribution in [3.05, 3.63) is 88.5 Å². The van der Waals surface area contributed by atoms with Crippen LogP contribution in [0.15, 0.2) is 60.7 Å². The lowest BCUT2D eigenvalue weighted by molar-refractivity contribution is 0.102. The smallest absolute Gasteiger partial charge is 0.256 e. The van der Waals surface area contributed by atoms with Crippen molar-refractivity contribution in [1.82, 2.24) is 0 Å². The highest BCUT2D eigenvalue weighted by Crippen LogP contribution is 2.39. The summed E-state index contributed by atoms with van der Waals surface area (Å²) in [6, 6.07) is 18.7. The molecule has 3 heteroatoms. The lowest BCUT2D eigenvalue weighted by Gasteiger charge is -2.12. The molecule has 0 unspecified atom stereocenters. The molecule has 0 fully saturated rings. The van der Waals surface area contributed by atoms with Gasteiger partial charge in [-0.15, -0.1) is 0 Å². The summed E-state index contributed by atoms with van der Waals surface area (Å²) < 4.78 is 0. The van der Waals surface area contributed by atoms with Crippen molar-refractivity contribution in [3.63, 3.8) is 0 Å². The van der Waals surface area contributed by atoms with Crippen LogP contribution in [0.3, 0.4) is 0 Å². The minimum Gasteiger partial charge on any atom is -0.322 e. The number of anilines is 1. The molecule has 122 valence electrons. The van der Waals surface area contributed by atoms with Gasteiger partial charge in [-0.1, -0.05) is 48.5 Å². The molecule has 0 aliphatic heterocycles. The lowest BCUT2D eigenvalue weighted by atomic mass is 9.98. The highest BCUT2D eigenvalue weighted by molar-refractivity contribution is 6.25. The van der Waals surface area contributed by atoms with Crippen LogP contribution in [0.2, 0.25) is 0 Å². The van der Waals surface area contributed by atoms with E-state index in [1.54, 1.807) is 18.2 Å². The fraction of sp³-hybridized carbons (Fsp3) is 0.0909. The molecule has 0 saturated heterocycles. The highest BCUT2D eigenvalue weighted by Gasteiger charge is 2.30. The summed E-state index contributed by atoms with van der Waals surface area (Å²) in [7, 11) is 0. The predicted molar refractivity (Wildman–Crippen MR) is 99.2 cm³/mol. The molecule has 0 spiro atoms. The van der Waals surface area contributed by atoms with Gasteiger partial charge in [-0.05, 0) is 42.7 Å². The molecule has 0 aromatic heterocycles. The monoisotopic (exact) mass is 327 g/mol. The Kier molecular flexibility index (Phi) is 3.50. The molecular weight excluding hydrogens is 310 g/mol. The lowest BCUT2D eigenvalue weighted by Crippen LogP contribution is -2.14. The molecule has 25 heavy (non-hydrogen) atoms. The Bertz CT molecular complexity index is 1030. The van der Waals surface area contributed by atoms with E-state index < -0.39 is 0 Å². The van der Waals surface area contributed by atoms with E-state index in [2.05, 4.69) is 5.32 Å². The summed E-state index contributed by atoms with van der Waals surface area (Å²) in [5.74, 6) is -0.220. The molecule has 0 heterocycles. The topological polar surface area (TPSA) is 46.2 Å². The van der Waals surface area contributed by atoms with E-state index in [4.69, 9.17) is 0 Å². The van der Waals surface area contributed by atoms with Gasteiger partial charge >= 0.3 is 0 Å². The molecule has 1 amide bonds. The molecule has 1 aliphatic carbocycles. The first-order valence-corrected chi connectivity index (χ1v) is 8.22. The number of aryl methyl sites for hydroxylation is 2. The van der Waals surface area contributed by atoms with Crippen LogP contribution in [0.5, 0.6) is 0 Å². The SMILES string of the molecule is Cc1ccc(C)c(NC(=O)c2cccc3c2-c2ccccc2C3=O)c1. The second kappa shape index (κ2) is 5.71. The number of hydrogen-bond acceptors (Lipinski definition) is 2.